The molecule has 0 atom stereocenters. The van der Waals surface area contributed by atoms with Crippen LogP contribution in [0.25, 0.3) is 0 Å². The van der Waals surface area contributed by atoms with Gasteiger partial charge in [0.25, 0.3) is 0 Å². The summed E-state index contributed by atoms with van der Waals surface area (Å²) >= 11 is 3.49. The smallest absolute Gasteiger partial charge is 0.339 e. The molecule has 0 saturated carbocycles. The first-order valence-electron chi connectivity index (χ1n) is 14.5. The van der Waals surface area contributed by atoms with Crippen LogP contribution in [0.2, 0.25) is 0 Å². The van der Waals surface area contributed by atoms with Gasteiger partial charge in [-0.05, 0) is 85.2 Å². The molecule has 7 nitrogen and oxygen atoms in total. The fourth-order valence-corrected chi connectivity index (χ4v) is 6.02. The molecule has 4 aromatic rings. The highest BCUT2D eigenvalue weighted by atomic mass is 79.9. The molecule has 0 bridgehead atoms. The zero-order valence-corrected chi connectivity index (χ0v) is 26.1. The lowest BCUT2D eigenvalue weighted by Crippen LogP contribution is -2.40. The maximum absolute atomic E-state index is 14.3. The predicted octanol–water partition coefficient (Wildman–Crippen LogP) is 7.65. The summed E-state index contributed by atoms with van der Waals surface area (Å²) in [6.07, 6.45) is 4.27. The third kappa shape index (κ3) is 7.20. The molecule has 2 N–H and O–H groups in total. The number of para-hydroxylation sites is 1. The molecule has 1 heterocycles. The standard InChI is InChI=1S/C35H36BrN3O4/c1-24-10-9-13-31(38-18-7-4-8-19-38)34(24)39(33(40)22-27-21-32(43-2)29(35(41)42)23-30(27)36)37-28-16-14-26(15-17-28)20-25-11-5-3-6-12-25/h3,5-6,9-17,21,23,37H,4,7-8,18-20,22H2,1-2H3,(H,41,42). The molecule has 1 amide bonds. The van der Waals surface area contributed by atoms with Crippen molar-refractivity contribution in [1.82, 2.24) is 0 Å². The van der Waals surface area contributed by atoms with Crippen molar-refractivity contribution in [1.29, 1.82) is 0 Å². The summed E-state index contributed by atoms with van der Waals surface area (Å²) in [7, 11) is 1.43. The molecule has 5 rings (SSSR count). The van der Waals surface area contributed by atoms with E-state index in [0.717, 1.165) is 55.0 Å². The Kier molecular flexibility index (Phi) is 9.67. The summed E-state index contributed by atoms with van der Waals surface area (Å²) in [5.74, 6) is -1.08. The van der Waals surface area contributed by atoms with Crippen molar-refractivity contribution in [3.63, 3.8) is 0 Å². The van der Waals surface area contributed by atoms with Gasteiger partial charge in [-0.1, -0.05) is 70.5 Å². The number of ether oxygens (including phenoxy) is 1. The van der Waals surface area contributed by atoms with E-state index in [1.807, 2.05) is 49.4 Å². The van der Waals surface area contributed by atoms with Crippen LogP contribution in [-0.2, 0) is 17.6 Å². The third-order valence-electron chi connectivity index (χ3n) is 7.77. The number of benzene rings is 4. The number of halogens is 1. The van der Waals surface area contributed by atoms with E-state index in [0.29, 0.717) is 10.0 Å². The third-order valence-corrected chi connectivity index (χ3v) is 8.51. The minimum Gasteiger partial charge on any atom is -0.496 e. The minimum atomic E-state index is -1.10. The molecule has 4 aromatic carbocycles. The van der Waals surface area contributed by atoms with Gasteiger partial charge in [0.15, 0.2) is 0 Å². The molecule has 1 fully saturated rings. The largest absolute Gasteiger partial charge is 0.496 e. The van der Waals surface area contributed by atoms with E-state index in [2.05, 4.69) is 56.6 Å². The molecule has 0 radical (unpaired) electrons. The van der Waals surface area contributed by atoms with Gasteiger partial charge in [0.1, 0.15) is 11.3 Å². The number of methoxy groups -OCH3 is 1. The Morgan fingerprint density at radius 2 is 1.63 bits per heavy atom. The van der Waals surface area contributed by atoms with Crippen LogP contribution in [0.3, 0.4) is 0 Å². The summed E-state index contributed by atoms with van der Waals surface area (Å²) in [5.41, 5.74) is 10.1. The molecular weight excluding hydrogens is 606 g/mol. The Morgan fingerprint density at radius 3 is 2.30 bits per heavy atom. The second-order valence-electron chi connectivity index (χ2n) is 10.8. The summed E-state index contributed by atoms with van der Waals surface area (Å²) in [6, 6.07) is 27.7. The molecule has 0 spiro atoms. The average Bonchev–Trinajstić information content (AvgIpc) is 3.02. The zero-order valence-electron chi connectivity index (χ0n) is 24.5. The van der Waals surface area contributed by atoms with E-state index in [9.17, 15) is 14.7 Å². The Morgan fingerprint density at radius 1 is 0.930 bits per heavy atom. The van der Waals surface area contributed by atoms with Crippen LogP contribution in [-0.4, -0.2) is 37.2 Å². The highest BCUT2D eigenvalue weighted by Gasteiger charge is 2.26. The van der Waals surface area contributed by atoms with Crippen molar-refractivity contribution in [3.8, 4) is 5.75 Å². The number of aromatic carboxylic acids is 1. The first-order chi connectivity index (χ1) is 20.8. The number of nitrogens with zero attached hydrogens (tertiary/aromatic N) is 2. The van der Waals surface area contributed by atoms with Gasteiger partial charge in [0.2, 0.25) is 5.91 Å². The molecule has 1 saturated heterocycles. The van der Waals surface area contributed by atoms with Gasteiger partial charge < -0.3 is 14.7 Å². The normalized spacial score (nSPS) is 13.0. The Balaban J connectivity index is 1.50. The van der Waals surface area contributed by atoms with E-state index >= 15 is 0 Å². The number of piperidine rings is 1. The topological polar surface area (TPSA) is 82.1 Å². The molecule has 8 heteroatoms. The summed E-state index contributed by atoms with van der Waals surface area (Å²) in [6.45, 7) is 3.90. The number of amides is 1. The van der Waals surface area contributed by atoms with Crippen LogP contribution in [0.5, 0.6) is 5.75 Å². The maximum Gasteiger partial charge on any atom is 0.339 e. The molecule has 0 aromatic heterocycles. The summed E-state index contributed by atoms with van der Waals surface area (Å²) in [4.78, 5) is 28.3. The Bertz CT molecular complexity index is 1590. The highest BCUT2D eigenvalue weighted by molar-refractivity contribution is 9.10. The Hall–Kier alpha value is -4.30. The predicted molar refractivity (Wildman–Crippen MR) is 175 cm³/mol. The van der Waals surface area contributed by atoms with Gasteiger partial charge in [-0.3, -0.25) is 10.2 Å². The summed E-state index contributed by atoms with van der Waals surface area (Å²) in [5, 5.41) is 11.2. The number of hydrogen-bond acceptors (Lipinski definition) is 5. The van der Waals surface area contributed by atoms with E-state index < -0.39 is 5.97 Å². The van der Waals surface area contributed by atoms with E-state index in [1.54, 1.807) is 11.1 Å². The lowest BCUT2D eigenvalue weighted by molar-refractivity contribution is -0.117. The zero-order chi connectivity index (χ0) is 30.3. The number of carbonyl (C=O) groups excluding carboxylic acids is 1. The number of nitrogens with one attached hydrogen (secondary N) is 1. The van der Waals surface area contributed by atoms with E-state index in [1.165, 1.54) is 30.7 Å². The van der Waals surface area contributed by atoms with Crippen molar-refractivity contribution < 1.29 is 19.4 Å². The first-order valence-corrected chi connectivity index (χ1v) is 15.3. The second-order valence-corrected chi connectivity index (χ2v) is 11.7. The molecular formula is C35H36BrN3O4. The van der Waals surface area contributed by atoms with Gasteiger partial charge in [-0.2, -0.15) is 0 Å². The number of hydrogen-bond donors (Lipinski definition) is 2. The monoisotopic (exact) mass is 641 g/mol. The number of carboxylic acids is 1. The quantitative estimate of drug-likeness (QED) is 0.173. The fourth-order valence-electron chi connectivity index (χ4n) is 5.53. The number of anilines is 3. The van der Waals surface area contributed by atoms with Crippen molar-refractivity contribution >= 4 is 44.9 Å². The van der Waals surface area contributed by atoms with Crippen LogP contribution in [0, 0.1) is 6.92 Å². The van der Waals surface area contributed by atoms with Gasteiger partial charge >= 0.3 is 5.97 Å². The second kappa shape index (κ2) is 13.8. The van der Waals surface area contributed by atoms with E-state index in [4.69, 9.17) is 4.74 Å². The summed E-state index contributed by atoms with van der Waals surface area (Å²) < 4.78 is 5.88. The maximum atomic E-state index is 14.3. The van der Waals surface area contributed by atoms with Crippen molar-refractivity contribution in [2.75, 3.05) is 35.5 Å². The van der Waals surface area contributed by atoms with Gasteiger partial charge in [0, 0.05) is 17.6 Å². The van der Waals surface area contributed by atoms with Crippen LogP contribution in [0.1, 0.15) is 51.9 Å². The number of carbonyl (C=O) groups is 2. The molecule has 0 aliphatic carbocycles. The Labute approximate surface area is 261 Å². The van der Waals surface area contributed by atoms with Crippen LogP contribution in [0.4, 0.5) is 17.1 Å². The number of hydrazine groups is 1. The number of carboxylic acid groups (broad SMARTS) is 1. The lowest BCUT2D eigenvalue weighted by atomic mass is 10.0. The molecule has 222 valence electrons. The molecule has 1 aliphatic heterocycles. The van der Waals surface area contributed by atoms with Crippen molar-refractivity contribution in [3.05, 3.63) is 117 Å². The molecule has 43 heavy (non-hydrogen) atoms. The molecule has 1 aliphatic rings. The van der Waals surface area contributed by atoms with Gasteiger partial charge in [-0.25, -0.2) is 9.80 Å². The average molecular weight is 643 g/mol. The van der Waals surface area contributed by atoms with Crippen LogP contribution in [0.15, 0.2) is 89.4 Å². The highest BCUT2D eigenvalue weighted by Crippen LogP contribution is 2.36. The van der Waals surface area contributed by atoms with Crippen molar-refractivity contribution in [2.24, 2.45) is 0 Å². The van der Waals surface area contributed by atoms with E-state index in [-0.39, 0.29) is 23.6 Å². The van der Waals surface area contributed by atoms with Gasteiger partial charge in [-0.15, -0.1) is 0 Å². The number of rotatable bonds is 10. The van der Waals surface area contributed by atoms with Crippen LogP contribution >= 0.6 is 15.9 Å². The molecule has 0 unspecified atom stereocenters. The SMILES string of the molecule is COc1cc(CC(=O)N(Nc2ccc(Cc3ccccc3)cc2)c2c(C)cccc2N2CCCCC2)c(Br)cc1C(=O)O. The lowest BCUT2D eigenvalue weighted by Gasteiger charge is -2.35. The van der Waals surface area contributed by atoms with Gasteiger partial charge in [0.05, 0.1) is 30.6 Å². The van der Waals surface area contributed by atoms with Crippen LogP contribution < -0.4 is 20.1 Å². The fraction of sp³-hybridized carbons (Fsp3) is 0.257. The van der Waals surface area contributed by atoms with Crippen molar-refractivity contribution in [2.45, 2.75) is 39.0 Å². The minimum absolute atomic E-state index is 0.0176. The first kappa shape index (κ1) is 30.2. The number of aryl methyl sites for hydroxylation is 1.